The van der Waals surface area contributed by atoms with Crippen LogP contribution in [0.25, 0.3) is 10.2 Å². The van der Waals surface area contributed by atoms with E-state index in [0.717, 1.165) is 17.4 Å². The Morgan fingerprint density at radius 3 is 2.75 bits per heavy atom. The number of aromatic nitrogens is 1. The third kappa shape index (κ3) is 2.75. The molecule has 4 nitrogen and oxygen atoms in total. The fraction of sp³-hybridized carbons (Fsp3) is 0.333. The topological polar surface area (TPSA) is 68.0 Å². The lowest BCUT2D eigenvalue weighted by Gasteiger charge is -2.04. The average molecular weight is 303 g/mol. The van der Waals surface area contributed by atoms with Crippen molar-refractivity contribution < 1.29 is 18.0 Å². The summed E-state index contributed by atoms with van der Waals surface area (Å²) in [4.78, 5) is 16.0. The van der Waals surface area contributed by atoms with Gasteiger partial charge in [0, 0.05) is 18.5 Å². The van der Waals surface area contributed by atoms with Gasteiger partial charge in [0.15, 0.2) is 0 Å². The van der Waals surface area contributed by atoms with Gasteiger partial charge in [-0.1, -0.05) is 0 Å². The molecule has 0 bridgehead atoms. The van der Waals surface area contributed by atoms with E-state index in [1.54, 1.807) is 6.92 Å². The van der Waals surface area contributed by atoms with Gasteiger partial charge in [0.05, 0.1) is 4.88 Å². The number of amides is 1. The maximum atomic E-state index is 12.6. The minimum Gasteiger partial charge on any atom is -0.350 e. The number of pyridine rings is 1. The molecule has 2 rings (SSSR count). The number of nitrogens with one attached hydrogen (secondary N) is 1. The van der Waals surface area contributed by atoms with E-state index in [2.05, 4.69) is 10.3 Å². The number of hydrogen-bond acceptors (Lipinski definition) is 4. The van der Waals surface area contributed by atoms with Gasteiger partial charge in [-0.05, 0) is 24.6 Å². The van der Waals surface area contributed by atoms with Crippen molar-refractivity contribution in [2.45, 2.75) is 13.1 Å². The summed E-state index contributed by atoms with van der Waals surface area (Å²) < 4.78 is 37.8. The molecule has 3 N–H and O–H groups in total. The highest BCUT2D eigenvalue weighted by Crippen LogP contribution is 2.34. The molecule has 0 aliphatic carbocycles. The van der Waals surface area contributed by atoms with E-state index >= 15 is 0 Å². The lowest BCUT2D eigenvalue weighted by atomic mass is 10.2. The smallest absolute Gasteiger partial charge is 0.350 e. The van der Waals surface area contributed by atoms with E-state index < -0.39 is 11.9 Å². The van der Waals surface area contributed by atoms with E-state index in [4.69, 9.17) is 5.73 Å². The average Bonchev–Trinajstić information content (AvgIpc) is 2.72. The lowest BCUT2D eigenvalue weighted by Crippen LogP contribution is -2.28. The van der Waals surface area contributed by atoms with Crippen LogP contribution in [0.1, 0.15) is 20.9 Å². The molecule has 2 aromatic rings. The predicted molar refractivity (Wildman–Crippen MR) is 70.7 cm³/mol. The van der Waals surface area contributed by atoms with E-state index in [-0.39, 0.29) is 10.7 Å². The first-order chi connectivity index (χ1) is 9.34. The van der Waals surface area contributed by atoms with E-state index in [1.165, 1.54) is 6.07 Å². The molecule has 0 spiro atoms. The Hall–Kier alpha value is -1.67. The molecule has 20 heavy (non-hydrogen) atoms. The minimum atomic E-state index is -4.49. The minimum absolute atomic E-state index is 0.204. The van der Waals surface area contributed by atoms with Gasteiger partial charge in [0.25, 0.3) is 5.91 Å². The van der Waals surface area contributed by atoms with E-state index in [9.17, 15) is 18.0 Å². The van der Waals surface area contributed by atoms with Crippen molar-refractivity contribution >= 4 is 27.5 Å². The molecule has 0 unspecified atom stereocenters. The number of rotatable bonds is 3. The number of hydrogen-bond donors (Lipinski definition) is 2. The largest absolute Gasteiger partial charge is 0.433 e. The second kappa shape index (κ2) is 5.37. The Morgan fingerprint density at radius 2 is 2.15 bits per heavy atom. The van der Waals surface area contributed by atoms with E-state index in [0.29, 0.717) is 28.9 Å². The number of nitrogens with two attached hydrogens (primary N) is 1. The molecule has 2 heterocycles. The number of carbonyl (C=O) groups is 1. The molecule has 0 saturated carbocycles. The molecule has 0 atom stereocenters. The first-order valence-electron chi connectivity index (χ1n) is 5.80. The number of carbonyl (C=O) groups excluding carboxylic acids is 1. The maximum absolute atomic E-state index is 12.6. The Balaban J connectivity index is 2.44. The summed E-state index contributed by atoms with van der Waals surface area (Å²) in [7, 11) is 0. The molecule has 2 aromatic heterocycles. The SMILES string of the molecule is Cc1c(C(=O)NCCN)sc2nc(C(F)(F)F)ccc12. The Labute approximate surface area is 116 Å². The van der Waals surface area contributed by atoms with Crippen LogP contribution in [0, 0.1) is 6.92 Å². The van der Waals surface area contributed by atoms with Crippen LogP contribution in [-0.2, 0) is 6.18 Å². The van der Waals surface area contributed by atoms with Crippen molar-refractivity contribution in [1.29, 1.82) is 0 Å². The van der Waals surface area contributed by atoms with Crippen LogP contribution in [0.2, 0.25) is 0 Å². The van der Waals surface area contributed by atoms with Gasteiger partial charge in [0.2, 0.25) is 0 Å². The summed E-state index contributed by atoms with van der Waals surface area (Å²) in [6.07, 6.45) is -4.49. The van der Waals surface area contributed by atoms with Crippen LogP contribution in [0.4, 0.5) is 13.2 Å². The van der Waals surface area contributed by atoms with Gasteiger partial charge >= 0.3 is 6.18 Å². The van der Waals surface area contributed by atoms with Gasteiger partial charge in [-0.2, -0.15) is 13.2 Å². The zero-order valence-electron chi connectivity index (χ0n) is 10.5. The molecule has 0 radical (unpaired) electrons. The molecular weight excluding hydrogens is 291 g/mol. The first-order valence-corrected chi connectivity index (χ1v) is 6.62. The highest BCUT2D eigenvalue weighted by Gasteiger charge is 2.33. The monoisotopic (exact) mass is 303 g/mol. The number of nitrogens with zero attached hydrogens (tertiary/aromatic N) is 1. The molecule has 1 amide bonds. The van der Waals surface area contributed by atoms with Crippen LogP contribution in [0.15, 0.2) is 12.1 Å². The van der Waals surface area contributed by atoms with Crippen molar-refractivity contribution in [3.05, 3.63) is 28.3 Å². The molecule has 0 aliphatic rings. The summed E-state index contributed by atoms with van der Waals surface area (Å²) >= 11 is 0.949. The van der Waals surface area contributed by atoms with Crippen molar-refractivity contribution in [1.82, 2.24) is 10.3 Å². The number of alkyl halides is 3. The molecule has 0 fully saturated rings. The predicted octanol–water partition coefficient (Wildman–Crippen LogP) is 2.31. The van der Waals surface area contributed by atoms with E-state index in [1.807, 2.05) is 0 Å². The third-order valence-electron chi connectivity index (χ3n) is 2.73. The molecule has 0 saturated heterocycles. The summed E-state index contributed by atoms with van der Waals surface area (Å²) in [5.74, 6) is -0.343. The zero-order chi connectivity index (χ0) is 14.9. The third-order valence-corrected chi connectivity index (χ3v) is 3.93. The van der Waals surface area contributed by atoms with Gasteiger partial charge in [0.1, 0.15) is 10.5 Å². The number of aryl methyl sites for hydroxylation is 1. The normalized spacial score (nSPS) is 11.8. The summed E-state index contributed by atoms with van der Waals surface area (Å²) in [6, 6.07) is 2.26. The number of halogens is 3. The van der Waals surface area contributed by atoms with Crippen LogP contribution in [0.5, 0.6) is 0 Å². The highest BCUT2D eigenvalue weighted by molar-refractivity contribution is 7.20. The summed E-state index contributed by atoms with van der Waals surface area (Å²) in [6.45, 7) is 2.30. The zero-order valence-corrected chi connectivity index (χ0v) is 11.4. The molecule has 108 valence electrons. The quantitative estimate of drug-likeness (QED) is 0.914. The highest BCUT2D eigenvalue weighted by atomic mass is 32.1. The standard InChI is InChI=1S/C12H12F3N3OS/c1-6-7-2-3-8(12(13,14)15)18-11(7)20-9(6)10(19)17-5-4-16/h2-3H,4-5,16H2,1H3,(H,17,19). The fourth-order valence-corrected chi connectivity index (χ4v) is 2.84. The van der Waals surface area contributed by atoms with Gasteiger partial charge < -0.3 is 11.1 Å². The van der Waals surface area contributed by atoms with Gasteiger partial charge in [-0.3, -0.25) is 4.79 Å². The van der Waals surface area contributed by atoms with Crippen LogP contribution in [0.3, 0.4) is 0 Å². The summed E-state index contributed by atoms with van der Waals surface area (Å²) in [5.41, 5.74) is 4.95. The Bertz CT molecular complexity index is 651. The summed E-state index contributed by atoms with van der Waals surface area (Å²) in [5, 5.41) is 3.15. The number of thiophene rings is 1. The van der Waals surface area contributed by atoms with Crippen molar-refractivity contribution in [2.75, 3.05) is 13.1 Å². The van der Waals surface area contributed by atoms with Crippen molar-refractivity contribution in [3.63, 3.8) is 0 Å². The molecule has 0 aliphatic heterocycles. The fourth-order valence-electron chi connectivity index (χ4n) is 1.74. The molecule has 0 aromatic carbocycles. The second-order valence-corrected chi connectivity index (χ2v) is 5.15. The van der Waals surface area contributed by atoms with Crippen LogP contribution < -0.4 is 11.1 Å². The molecule has 8 heteroatoms. The van der Waals surface area contributed by atoms with Crippen LogP contribution in [-0.4, -0.2) is 24.0 Å². The Morgan fingerprint density at radius 1 is 1.45 bits per heavy atom. The Kier molecular flexibility index (Phi) is 3.96. The number of fused-ring (bicyclic) bond motifs is 1. The van der Waals surface area contributed by atoms with Crippen molar-refractivity contribution in [2.24, 2.45) is 5.73 Å². The molecular formula is C12H12F3N3OS. The van der Waals surface area contributed by atoms with Crippen LogP contribution >= 0.6 is 11.3 Å². The maximum Gasteiger partial charge on any atom is 0.433 e. The lowest BCUT2D eigenvalue weighted by molar-refractivity contribution is -0.140. The second-order valence-electron chi connectivity index (χ2n) is 4.15. The first kappa shape index (κ1) is 14.7. The van der Waals surface area contributed by atoms with Gasteiger partial charge in [-0.15, -0.1) is 11.3 Å². The van der Waals surface area contributed by atoms with Crippen molar-refractivity contribution in [3.8, 4) is 0 Å². The van der Waals surface area contributed by atoms with Gasteiger partial charge in [-0.25, -0.2) is 4.98 Å².